The molecule has 7 heteroatoms. The van der Waals surface area contributed by atoms with Crippen LogP contribution in [0.15, 0.2) is 72.8 Å². The summed E-state index contributed by atoms with van der Waals surface area (Å²) < 4.78 is 21.5. The summed E-state index contributed by atoms with van der Waals surface area (Å²) in [5.41, 5.74) is 2.53. The van der Waals surface area contributed by atoms with Crippen molar-refractivity contribution < 1.29 is 33.3 Å². The molecule has 0 spiro atoms. The van der Waals surface area contributed by atoms with Gasteiger partial charge in [0.2, 0.25) is 0 Å². The topological polar surface area (TPSA) is 88.1 Å². The van der Waals surface area contributed by atoms with E-state index in [0.717, 1.165) is 24.0 Å². The van der Waals surface area contributed by atoms with Crippen LogP contribution in [0.3, 0.4) is 0 Å². The minimum atomic E-state index is -0.626. The molecule has 0 saturated carbocycles. The third-order valence-corrected chi connectivity index (χ3v) is 5.93. The summed E-state index contributed by atoms with van der Waals surface area (Å²) in [6.07, 6.45) is 1.13. The van der Waals surface area contributed by atoms with E-state index in [0.29, 0.717) is 41.8 Å². The third-order valence-electron chi connectivity index (χ3n) is 5.93. The van der Waals surface area contributed by atoms with Crippen LogP contribution in [0.5, 0.6) is 11.5 Å². The summed E-state index contributed by atoms with van der Waals surface area (Å²) in [6, 6.07) is 20.4. The molecule has 0 saturated heterocycles. The molecule has 0 radical (unpaired) electrons. The Hall–Kier alpha value is -3.97. The number of hydrogen-bond acceptors (Lipinski definition) is 7. The highest BCUT2D eigenvalue weighted by Crippen LogP contribution is 2.25. The highest BCUT2D eigenvalue weighted by Gasteiger charge is 2.16. The maximum Gasteiger partial charge on any atom is 0.343 e. The van der Waals surface area contributed by atoms with Crippen LogP contribution in [-0.2, 0) is 14.3 Å². The maximum absolute atomic E-state index is 12.5. The van der Waals surface area contributed by atoms with Crippen molar-refractivity contribution in [1.29, 1.82) is 0 Å². The highest BCUT2D eigenvalue weighted by molar-refractivity contribution is 5.94. The van der Waals surface area contributed by atoms with E-state index in [2.05, 4.69) is 0 Å². The van der Waals surface area contributed by atoms with Crippen LogP contribution in [0.1, 0.15) is 61.3 Å². The van der Waals surface area contributed by atoms with E-state index in [1.807, 2.05) is 45.0 Å². The fraction of sp³-hybridized carbons (Fsp3) is 0.323. The zero-order valence-electron chi connectivity index (χ0n) is 22.3. The summed E-state index contributed by atoms with van der Waals surface area (Å²) in [5, 5.41) is 0. The number of carbonyl (C=O) groups is 3. The van der Waals surface area contributed by atoms with E-state index < -0.39 is 24.0 Å². The third kappa shape index (κ3) is 8.28. The quantitative estimate of drug-likeness (QED) is 0.200. The lowest BCUT2D eigenvalue weighted by atomic mass is 10.1. The zero-order chi connectivity index (χ0) is 27.5. The lowest BCUT2D eigenvalue weighted by Crippen LogP contribution is -2.26. The van der Waals surface area contributed by atoms with Crippen molar-refractivity contribution in [3.05, 3.63) is 83.9 Å². The molecule has 0 fully saturated rings. The lowest BCUT2D eigenvalue weighted by molar-refractivity contribution is -0.146. The van der Waals surface area contributed by atoms with Gasteiger partial charge in [0.25, 0.3) is 0 Å². The number of esters is 3. The highest BCUT2D eigenvalue weighted by atomic mass is 16.6. The summed E-state index contributed by atoms with van der Waals surface area (Å²) in [7, 11) is 0. The van der Waals surface area contributed by atoms with E-state index >= 15 is 0 Å². The van der Waals surface area contributed by atoms with Crippen LogP contribution in [0.4, 0.5) is 0 Å². The molecule has 3 aromatic carbocycles. The first-order valence-corrected chi connectivity index (χ1v) is 12.8. The van der Waals surface area contributed by atoms with Gasteiger partial charge < -0.3 is 18.9 Å². The minimum Gasteiger partial charge on any atom is -0.462 e. The van der Waals surface area contributed by atoms with Gasteiger partial charge in [-0.05, 0) is 78.9 Å². The van der Waals surface area contributed by atoms with Crippen molar-refractivity contribution >= 4 is 17.9 Å². The van der Waals surface area contributed by atoms with E-state index in [9.17, 15) is 14.4 Å². The fourth-order valence-corrected chi connectivity index (χ4v) is 3.32. The van der Waals surface area contributed by atoms with Gasteiger partial charge in [0.1, 0.15) is 11.5 Å². The Morgan fingerprint density at radius 2 is 1.18 bits per heavy atom. The Morgan fingerprint density at radius 3 is 1.68 bits per heavy atom. The molecule has 0 aliphatic rings. The minimum absolute atomic E-state index is 0.295. The number of ether oxygens (including phenoxy) is 4. The van der Waals surface area contributed by atoms with Crippen molar-refractivity contribution in [1.82, 2.24) is 0 Å². The van der Waals surface area contributed by atoms with Crippen molar-refractivity contribution in [2.24, 2.45) is 5.92 Å². The van der Waals surface area contributed by atoms with Gasteiger partial charge >= 0.3 is 17.9 Å². The van der Waals surface area contributed by atoms with Crippen LogP contribution >= 0.6 is 0 Å². The first-order valence-electron chi connectivity index (χ1n) is 12.8. The Kier molecular flexibility index (Phi) is 10.6. The average Bonchev–Trinajstić information content (AvgIpc) is 2.95. The molecule has 3 aromatic rings. The van der Waals surface area contributed by atoms with Crippen LogP contribution < -0.4 is 9.47 Å². The number of benzene rings is 3. The second-order valence-electron chi connectivity index (χ2n) is 9.06. The number of hydrogen-bond donors (Lipinski definition) is 0. The Labute approximate surface area is 223 Å². The van der Waals surface area contributed by atoms with E-state index in [1.54, 1.807) is 55.5 Å². The predicted molar refractivity (Wildman–Crippen MR) is 144 cm³/mol. The van der Waals surface area contributed by atoms with Crippen molar-refractivity contribution in [2.45, 2.75) is 46.6 Å². The Bertz CT molecular complexity index is 1200. The van der Waals surface area contributed by atoms with E-state index in [-0.39, 0.29) is 0 Å². The van der Waals surface area contributed by atoms with Gasteiger partial charge in [0.05, 0.1) is 17.7 Å². The smallest absolute Gasteiger partial charge is 0.343 e. The molecular formula is C31H34O7. The molecule has 0 amide bonds. The molecule has 0 aliphatic carbocycles. The maximum atomic E-state index is 12.5. The van der Waals surface area contributed by atoms with Gasteiger partial charge in [-0.25, -0.2) is 14.4 Å². The van der Waals surface area contributed by atoms with Gasteiger partial charge in [-0.2, -0.15) is 0 Å². The lowest BCUT2D eigenvalue weighted by Gasteiger charge is -2.12. The SMILES string of the molecule is CCCOC(C)C(=O)Oc1ccc(-c2ccc(OC(=O)c3ccc(C(=O)OCC(C)CC)cc3)cc2)cc1. The molecule has 2 unspecified atom stereocenters. The largest absolute Gasteiger partial charge is 0.462 e. The first kappa shape index (κ1) is 28.6. The second kappa shape index (κ2) is 14.1. The van der Waals surface area contributed by atoms with Crippen molar-refractivity contribution in [3.63, 3.8) is 0 Å². The summed E-state index contributed by atoms with van der Waals surface area (Å²) in [5.74, 6) is -0.256. The van der Waals surface area contributed by atoms with Crippen LogP contribution in [0, 0.1) is 5.92 Å². The molecule has 3 rings (SSSR count). The first-order chi connectivity index (χ1) is 18.3. The average molecular weight is 519 g/mol. The summed E-state index contributed by atoms with van der Waals surface area (Å²) in [6.45, 7) is 8.56. The van der Waals surface area contributed by atoms with E-state index in [4.69, 9.17) is 18.9 Å². The molecule has 38 heavy (non-hydrogen) atoms. The molecular weight excluding hydrogens is 484 g/mol. The van der Waals surface area contributed by atoms with Gasteiger partial charge in [-0.3, -0.25) is 0 Å². The second-order valence-corrected chi connectivity index (χ2v) is 9.06. The number of carbonyl (C=O) groups excluding carboxylic acids is 3. The normalized spacial score (nSPS) is 12.3. The standard InChI is InChI=1S/C31H34O7/c1-5-19-35-22(4)29(32)37-27-15-11-23(12-16-27)24-13-17-28(18-14-24)38-31(34)26-9-7-25(8-10-26)30(33)36-20-21(3)6-2/h7-18,21-22H,5-6,19-20H2,1-4H3. The number of rotatable bonds is 12. The Balaban J connectivity index is 1.55. The molecule has 0 heterocycles. The Morgan fingerprint density at radius 1 is 0.684 bits per heavy atom. The molecule has 0 N–H and O–H groups in total. The van der Waals surface area contributed by atoms with Crippen molar-refractivity contribution in [2.75, 3.05) is 13.2 Å². The molecule has 7 nitrogen and oxygen atoms in total. The molecule has 0 aliphatic heterocycles. The molecule has 0 bridgehead atoms. The predicted octanol–water partition coefficient (Wildman–Crippen LogP) is 6.50. The van der Waals surface area contributed by atoms with Crippen molar-refractivity contribution in [3.8, 4) is 22.6 Å². The molecule has 2 atom stereocenters. The zero-order valence-corrected chi connectivity index (χ0v) is 22.3. The monoisotopic (exact) mass is 518 g/mol. The van der Waals surface area contributed by atoms with Crippen LogP contribution in [0.2, 0.25) is 0 Å². The molecule has 0 aromatic heterocycles. The van der Waals surface area contributed by atoms with Crippen LogP contribution in [-0.4, -0.2) is 37.2 Å². The molecule has 200 valence electrons. The van der Waals surface area contributed by atoms with Gasteiger partial charge in [0, 0.05) is 6.61 Å². The van der Waals surface area contributed by atoms with Gasteiger partial charge in [-0.15, -0.1) is 0 Å². The fourth-order valence-electron chi connectivity index (χ4n) is 3.32. The van der Waals surface area contributed by atoms with Gasteiger partial charge in [-0.1, -0.05) is 51.5 Å². The van der Waals surface area contributed by atoms with E-state index in [1.165, 1.54) is 0 Å². The summed E-state index contributed by atoms with van der Waals surface area (Å²) >= 11 is 0. The van der Waals surface area contributed by atoms with Crippen LogP contribution in [0.25, 0.3) is 11.1 Å². The summed E-state index contributed by atoms with van der Waals surface area (Å²) in [4.78, 5) is 36.8. The van der Waals surface area contributed by atoms with Gasteiger partial charge in [0.15, 0.2) is 6.10 Å².